The highest BCUT2D eigenvalue weighted by Gasteiger charge is 2.18. The molecule has 0 radical (unpaired) electrons. The van der Waals surface area contributed by atoms with Crippen LogP contribution in [-0.4, -0.2) is 0 Å². The summed E-state index contributed by atoms with van der Waals surface area (Å²) in [6.07, 6.45) is 0. The second kappa shape index (κ2) is 9.47. The largest absolute Gasteiger partial charge is 0.380 e. The van der Waals surface area contributed by atoms with Gasteiger partial charge in [0.1, 0.15) is 5.39 Å². The fraction of sp³-hybridized carbons (Fsp3) is 0.0455. The SMILES string of the molecule is [O-][Cl+3]([O-])([O-])[O-].c1ccc(CNc2cc(-c3ccccc3)[o+]c3ccccc23)cc1. The van der Waals surface area contributed by atoms with Gasteiger partial charge in [0.05, 0.1) is 17.3 Å². The lowest BCUT2D eigenvalue weighted by Gasteiger charge is -2.17. The predicted molar refractivity (Wildman–Crippen MR) is 99.8 cm³/mol. The number of nitrogens with one attached hydrogen (secondary N) is 1. The Bertz CT molecular complexity index is 1050. The summed E-state index contributed by atoms with van der Waals surface area (Å²) in [5, 5.41) is 4.64. The standard InChI is InChI=1S/C22H18NO.ClHO4/c1-3-9-17(10-4-1)16-23-20-15-22(18-11-5-2-6-12-18)24-21-14-8-7-13-19(20)21;2-1(3,4)5/h1-15,23H,16H2;(H,2,3,4,5)/q+1;/p-1. The quantitative estimate of drug-likeness (QED) is 0.505. The Morgan fingerprint density at radius 2 is 1.28 bits per heavy atom. The van der Waals surface area contributed by atoms with E-state index in [9.17, 15) is 0 Å². The van der Waals surface area contributed by atoms with E-state index in [-0.39, 0.29) is 0 Å². The van der Waals surface area contributed by atoms with Gasteiger partial charge in [0.25, 0.3) is 0 Å². The maximum Gasteiger partial charge on any atom is 0.362 e. The van der Waals surface area contributed by atoms with Crippen LogP contribution in [0.25, 0.3) is 22.3 Å². The molecule has 0 aliphatic heterocycles. The van der Waals surface area contributed by atoms with Gasteiger partial charge in [-0.15, -0.1) is 10.2 Å². The molecule has 4 rings (SSSR count). The number of fused-ring (bicyclic) bond motifs is 1. The van der Waals surface area contributed by atoms with Gasteiger partial charge < -0.3 is 5.32 Å². The third-order valence-electron chi connectivity index (χ3n) is 4.06. The van der Waals surface area contributed by atoms with Crippen molar-refractivity contribution in [2.45, 2.75) is 6.54 Å². The summed E-state index contributed by atoms with van der Waals surface area (Å²) in [5.74, 6) is 0.866. The fourth-order valence-corrected chi connectivity index (χ4v) is 2.82. The molecule has 1 N–H and O–H groups in total. The van der Waals surface area contributed by atoms with Crippen molar-refractivity contribution in [3.05, 3.63) is 96.6 Å². The molecule has 0 amide bonds. The monoisotopic (exact) mass is 411 g/mol. The molecule has 0 bridgehead atoms. The van der Waals surface area contributed by atoms with Crippen LogP contribution in [0.15, 0.2) is 95.4 Å². The van der Waals surface area contributed by atoms with Crippen LogP contribution in [0.3, 0.4) is 0 Å². The summed E-state index contributed by atoms with van der Waals surface area (Å²) < 4.78 is 40.1. The summed E-state index contributed by atoms with van der Waals surface area (Å²) in [6.45, 7) is 0.781. The first kappa shape index (κ1) is 20.7. The van der Waals surface area contributed by atoms with E-state index in [2.05, 4.69) is 53.8 Å². The van der Waals surface area contributed by atoms with E-state index in [1.54, 1.807) is 0 Å². The van der Waals surface area contributed by atoms with Crippen molar-refractivity contribution in [2.75, 3.05) is 5.32 Å². The Hall–Kier alpha value is -3.00. The number of hydrogen-bond acceptors (Lipinski definition) is 5. The maximum atomic E-state index is 8.49. The summed E-state index contributed by atoms with van der Waals surface area (Å²) in [6, 6.07) is 30.8. The zero-order valence-electron chi connectivity index (χ0n) is 15.3. The average Bonchev–Trinajstić information content (AvgIpc) is 2.72. The third kappa shape index (κ3) is 6.53. The molecule has 0 saturated carbocycles. The van der Waals surface area contributed by atoms with Crippen LogP contribution in [0.2, 0.25) is 0 Å². The van der Waals surface area contributed by atoms with E-state index in [1.807, 2.05) is 42.5 Å². The van der Waals surface area contributed by atoms with E-state index >= 15 is 0 Å². The van der Waals surface area contributed by atoms with Crippen LogP contribution in [-0.2, 0) is 6.54 Å². The van der Waals surface area contributed by atoms with Crippen LogP contribution in [0.5, 0.6) is 0 Å². The molecule has 4 aromatic rings. The number of benzene rings is 3. The second-order valence-electron chi connectivity index (χ2n) is 6.10. The van der Waals surface area contributed by atoms with Crippen molar-refractivity contribution in [1.82, 2.24) is 0 Å². The normalized spacial score (nSPS) is 10.9. The number of para-hydroxylation sites is 1. The molecule has 0 aliphatic carbocycles. The Labute approximate surface area is 170 Å². The summed E-state index contributed by atoms with van der Waals surface area (Å²) in [7, 11) is -4.94. The van der Waals surface area contributed by atoms with Crippen LogP contribution < -0.4 is 24.0 Å². The predicted octanol–water partition coefficient (Wildman–Crippen LogP) is 1.24. The lowest BCUT2D eigenvalue weighted by molar-refractivity contribution is -2.00. The van der Waals surface area contributed by atoms with Crippen molar-refractivity contribution in [1.29, 1.82) is 0 Å². The molecule has 1 aromatic heterocycles. The topological polar surface area (TPSA) is 116 Å². The van der Waals surface area contributed by atoms with Gasteiger partial charge in [-0.1, -0.05) is 60.7 Å². The average molecular weight is 412 g/mol. The van der Waals surface area contributed by atoms with Crippen LogP contribution >= 0.6 is 0 Å². The first-order valence-corrected chi connectivity index (χ1v) is 9.94. The van der Waals surface area contributed by atoms with Gasteiger partial charge in [-0.3, -0.25) is 0 Å². The van der Waals surface area contributed by atoms with E-state index in [4.69, 9.17) is 23.1 Å². The fourth-order valence-electron chi connectivity index (χ4n) is 2.82. The van der Waals surface area contributed by atoms with Crippen molar-refractivity contribution >= 4 is 16.7 Å². The lowest BCUT2D eigenvalue weighted by atomic mass is 10.1. The van der Waals surface area contributed by atoms with Crippen molar-refractivity contribution in [3.8, 4) is 11.3 Å². The molecule has 0 fully saturated rings. The highest BCUT2D eigenvalue weighted by Crippen LogP contribution is 2.31. The highest BCUT2D eigenvalue weighted by molar-refractivity contribution is 5.91. The zero-order valence-corrected chi connectivity index (χ0v) is 16.0. The minimum absolute atomic E-state index is 0.781. The Morgan fingerprint density at radius 3 is 1.93 bits per heavy atom. The molecule has 29 heavy (non-hydrogen) atoms. The zero-order chi connectivity index (χ0) is 20.7. The molecule has 6 nitrogen and oxygen atoms in total. The first-order chi connectivity index (χ1) is 13.9. The Kier molecular flexibility index (Phi) is 6.77. The molecule has 7 heteroatoms. The second-order valence-corrected chi connectivity index (χ2v) is 6.86. The third-order valence-corrected chi connectivity index (χ3v) is 4.06. The molecule has 0 spiro atoms. The van der Waals surface area contributed by atoms with E-state index < -0.39 is 10.2 Å². The van der Waals surface area contributed by atoms with Gasteiger partial charge in [-0.2, -0.15) is 0 Å². The maximum absolute atomic E-state index is 8.49. The number of anilines is 1. The van der Waals surface area contributed by atoms with Gasteiger partial charge in [-0.25, -0.2) is 23.1 Å². The van der Waals surface area contributed by atoms with Crippen molar-refractivity contribution < 1.29 is 33.3 Å². The van der Waals surface area contributed by atoms with Crippen LogP contribution in [0.1, 0.15) is 5.56 Å². The number of hydrogen-bond donors (Lipinski definition) is 1. The van der Waals surface area contributed by atoms with Gasteiger partial charge in [0.15, 0.2) is 0 Å². The lowest BCUT2D eigenvalue weighted by Crippen LogP contribution is -2.68. The van der Waals surface area contributed by atoms with Crippen LogP contribution in [0.4, 0.5) is 5.69 Å². The molecule has 1 heterocycles. The van der Waals surface area contributed by atoms with E-state index in [1.165, 1.54) is 5.56 Å². The Balaban J connectivity index is 0.000000431. The molecule has 3 aromatic carbocycles. The summed E-state index contributed by atoms with van der Waals surface area (Å²) in [4.78, 5) is 0. The number of halogens is 1. The summed E-state index contributed by atoms with van der Waals surface area (Å²) >= 11 is 0. The first-order valence-electron chi connectivity index (χ1n) is 8.71. The van der Waals surface area contributed by atoms with E-state index in [0.717, 1.165) is 34.5 Å². The molecular weight excluding hydrogens is 394 g/mol. The molecular formula is C22H18ClNO5. The van der Waals surface area contributed by atoms with E-state index in [0.29, 0.717) is 0 Å². The summed E-state index contributed by atoms with van der Waals surface area (Å²) in [5.41, 5.74) is 4.30. The number of rotatable bonds is 4. The molecule has 0 atom stereocenters. The van der Waals surface area contributed by atoms with Gasteiger partial charge in [-0.05, 0) is 23.8 Å². The minimum Gasteiger partial charge on any atom is -0.380 e. The molecule has 0 aliphatic rings. The highest BCUT2D eigenvalue weighted by atomic mass is 35.7. The molecule has 0 saturated heterocycles. The smallest absolute Gasteiger partial charge is 0.362 e. The van der Waals surface area contributed by atoms with Gasteiger partial charge >= 0.3 is 11.3 Å². The van der Waals surface area contributed by atoms with Crippen LogP contribution in [0, 0.1) is 10.2 Å². The van der Waals surface area contributed by atoms with Gasteiger partial charge in [0, 0.05) is 12.6 Å². The van der Waals surface area contributed by atoms with Gasteiger partial charge in [0.2, 0.25) is 0 Å². The Morgan fingerprint density at radius 1 is 0.724 bits per heavy atom. The molecule has 148 valence electrons. The van der Waals surface area contributed by atoms with Crippen molar-refractivity contribution in [3.63, 3.8) is 0 Å². The molecule has 0 unspecified atom stereocenters. The van der Waals surface area contributed by atoms with Crippen molar-refractivity contribution in [2.24, 2.45) is 0 Å². The minimum atomic E-state index is -4.94.